The van der Waals surface area contributed by atoms with Gasteiger partial charge < -0.3 is 10.6 Å². The van der Waals surface area contributed by atoms with Crippen LogP contribution in [-0.2, 0) is 6.54 Å². The topological polar surface area (TPSA) is 84.7 Å². The smallest absolute Gasteiger partial charge is 0.254 e. The minimum Gasteiger partial charge on any atom is -0.360 e. The fourth-order valence-electron chi connectivity index (χ4n) is 2.10. The highest BCUT2D eigenvalue weighted by Gasteiger charge is 2.17. The Kier molecular flexibility index (Phi) is 4.86. The van der Waals surface area contributed by atoms with Gasteiger partial charge >= 0.3 is 0 Å². The fraction of sp³-hybridized carbons (Fsp3) is 0.429. The van der Waals surface area contributed by atoms with E-state index in [1.165, 1.54) is 0 Å². The van der Waals surface area contributed by atoms with Crippen LogP contribution < -0.4 is 10.6 Å². The molecule has 0 aliphatic rings. The first kappa shape index (κ1) is 15.0. The lowest BCUT2D eigenvalue weighted by Crippen LogP contribution is -2.22. The van der Waals surface area contributed by atoms with Gasteiger partial charge in [-0.3, -0.25) is 4.79 Å². The van der Waals surface area contributed by atoms with Crippen LogP contribution in [0.5, 0.6) is 0 Å². The Labute approximate surface area is 123 Å². The van der Waals surface area contributed by atoms with Gasteiger partial charge in [0, 0.05) is 19.8 Å². The molecule has 1 unspecified atom stereocenters. The summed E-state index contributed by atoms with van der Waals surface area (Å²) in [6.07, 6.45) is 4.18. The number of pyridine rings is 1. The zero-order valence-corrected chi connectivity index (χ0v) is 12.5. The summed E-state index contributed by atoms with van der Waals surface area (Å²) in [5.41, 5.74) is 0.508. The van der Waals surface area contributed by atoms with Gasteiger partial charge in [-0.05, 0) is 25.5 Å². The van der Waals surface area contributed by atoms with Gasteiger partial charge in [-0.15, -0.1) is 0 Å². The summed E-state index contributed by atoms with van der Waals surface area (Å²) >= 11 is 0. The van der Waals surface area contributed by atoms with Crippen molar-refractivity contribution >= 4 is 11.7 Å². The molecule has 2 N–H and O–H groups in total. The van der Waals surface area contributed by atoms with Gasteiger partial charge in [0.1, 0.15) is 18.0 Å². The predicted octanol–water partition coefficient (Wildman–Crippen LogP) is 1.62. The minimum atomic E-state index is -0.173. The molecule has 1 amide bonds. The van der Waals surface area contributed by atoms with Gasteiger partial charge in [-0.1, -0.05) is 6.92 Å². The molecule has 112 valence electrons. The first-order valence-corrected chi connectivity index (χ1v) is 6.98. The van der Waals surface area contributed by atoms with Crippen LogP contribution in [0.25, 0.3) is 0 Å². The maximum Gasteiger partial charge on any atom is 0.254 e. The summed E-state index contributed by atoms with van der Waals surface area (Å²) < 4.78 is 1.86. The quantitative estimate of drug-likeness (QED) is 0.843. The van der Waals surface area contributed by atoms with E-state index in [0.717, 1.165) is 18.8 Å². The summed E-state index contributed by atoms with van der Waals surface area (Å²) in [7, 11) is 1.60. The lowest BCUT2D eigenvalue weighted by molar-refractivity contribution is 0.0963. The van der Waals surface area contributed by atoms with Gasteiger partial charge in [-0.2, -0.15) is 5.10 Å². The molecule has 0 aliphatic heterocycles. The molecule has 7 heteroatoms. The van der Waals surface area contributed by atoms with Crippen LogP contribution in [0.3, 0.4) is 0 Å². The average molecular weight is 288 g/mol. The Bertz CT molecular complexity index is 609. The van der Waals surface area contributed by atoms with Gasteiger partial charge in [-0.25, -0.2) is 14.6 Å². The molecule has 0 saturated carbocycles. The highest BCUT2D eigenvalue weighted by Crippen LogP contribution is 2.19. The number of aromatic nitrogens is 4. The van der Waals surface area contributed by atoms with Crippen LogP contribution in [0.15, 0.2) is 24.7 Å². The molecular weight excluding hydrogens is 268 g/mol. The number of nitrogens with zero attached hydrogens (tertiary/aromatic N) is 4. The van der Waals surface area contributed by atoms with Gasteiger partial charge in [0.2, 0.25) is 0 Å². The molecule has 0 saturated heterocycles. The maximum absolute atomic E-state index is 11.8. The van der Waals surface area contributed by atoms with E-state index >= 15 is 0 Å². The zero-order chi connectivity index (χ0) is 15.2. The number of carbonyl (C=O) groups is 1. The van der Waals surface area contributed by atoms with Crippen molar-refractivity contribution in [2.24, 2.45) is 0 Å². The van der Waals surface area contributed by atoms with E-state index in [9.17, 15) is 4.79 Å². The van der Waals surface area contributed by atoms with E-state index in [1.54, 1.807) is 31.7 Å². The van der Waals surface area contributed by atoms with Crippen molar-refractivity contribution in [3.63, 3.8) is 0 Å². The summed E-state index contributed by atoms with van der Waals surface area (Å²) in [5.74, 6) is 1.19. The molecule has 0 aliphatic carbocycles. The number of rotatable bonds is 6. The maximum atomic E-state index is 11.8. The zero-order valence-electron chi connectivity index (χ0n) is 12.5. The highest BCUT2D eigenvalue weighted by atomic mass is 16.1. The lowest BCUT2D eigenvalue weighted by Gasteiger charge is -2.16. The number of anilines is 1. The second-order valence-electron chi connectivity index (χ2n) is 4.69. The van der Waals surface area contributed by atoms with E-state index in [0.29, 0.717) is 11.4 Å². The number of carbonyl (C=O) groups excluding carboxylic acids is 1. The lowest BCUT2D eigenvalue weighted by atomic mass is 10.2. The van der Waals surface area contributed by atoms with Crippen LogP contribution in [0.1, 0.15) is 42.5 Å². The molecule has 0 fully saturated rings. The molecule has 0 radical (unpaired) electrons. The predicted molar refractivity (Wildman–Crippen MR) is 80.0 cm³/mol. The van der Waals surface area contributed by atoms with Gasteiger partial charge in [0.15, 0.2) is 0 Å². The Morgan fingerprint density at radius 1 is 1.43 bits per heavy atom. The molecule has 0 spiro atoms. The van der Waals surface area contributed by atoms with Crippen molar-refractivity contribution in [1.82, 2.24) is 25.1 Å². The third-order valence-electron chi connectivity index (χ3n) is 3.10. The average Bonchev–Trinajstić information content (AvgIpc) is 2.96. The van der Waals surface area contributed by atoms with Crippen molar-refractivity contribution in [1.29, 1.82) is 0 Å². The molecule has 2 aromatic rings. The second-order valence-corrected chi connectivity index (χ2v) is 4.69. The molecule has 21 heavy (non-hydrogen) atoms. The molecule has 2 heterocycles. The van der Waals surface area contributed by atoms with Gasteiger partial charge in [0.25, 0.3) is 5.91 Å². The van der Waals surface area contributed by atoms with Crippen molar-refractivity contribution in [3.05, 3.63) is 36.0 Å². The van der Waals surface area contributed by atoms with E-state index in [2.05, 4.69) is 32.6 Å². The largest absolute Gasteiger partial charge is 0.360 e. The number of hydrogen-bond donors (Lipinski definition) is 2. The standard InChI is InChI=1S/C14H20N6O/c1-4-8-20-13(17-9-18-20)10(2)19-12-11(14(21)15-3)6-5-7-16-12/h5-7,9-10H,4,8H2,1-3H3,(H,15,21)(H,16,19). The fourth-order valence-corrected chi connectivity index (χ4v) is 2.10. The SMILES string of the molecule is CCCn1ncnc1C(C)Nc1ncccc1C(=O)NC. The van der Waals surface area contributed by atoms with E-state index in [-0.39, 0.29) is 11.9 Å². The van der Waals surface area contributed by atoms with E-state index in [4.69, 9.17) is 0 Å². The van der Waals surface area contributed by atoms with Crippen molar-refractivity contribution in [2.45, 2.75) is 32.9 Å². The highest BCUT2D eigenvalue weighted by molar-refractivity contribution is 5.98. The second kappa shape index (κ2) is 6.83. The Balaban J connectivity index is 2.21. The summed E-state index contributed by atoms with van der Waals surface area (Å²) in [6.45, 7) is 4.87. The van der Waals surface area contributed by atoms with Crippen molar-refractivity contribution in [3.8, 4) is 0 Å². The van der Waals surface area contributed by atoms with Gasteiger partial charge in [0.05, 0.1) is 11.6 Å². The van der Waals surface area contributed by atoms with Crippen molar-refractivity contribution in [2.75, 3.05) is 12.4 Å². The van der Waals surface area contributed by atoms with Crippen LogP contribution in [0.4, 0.5) is 5.82 Å². The Morgan fingerprint density at radius 3 is 2.95 bits per heavy atom. The Morgan fingerprint density at radius 2 is 2.24 bits per heavy atom. The first-order valence-electron chi connectivity index (χ1n) is 6.98. The number of amides is 1. The number of nitrogens with one attached hydrogen (secondary N) is 2. The summed E-state index contributed by atoms with van der Waals surface area (Å²) in [4.78, 5) is 20.4. The normalized spacial score (nSPS) is 12.0. The minimum absolute atomic E-state index is 0.0997. The van der Waals surface area contributed by atoms with Crippen molar-refractivity contribution < 1.29 is 4.79 Å². The third kappa shape index (κ3) is 3.36. The van der Waals surface area contributed by atoms with E-state index < -0.39 is 0 Å². The summed E-state index contributed by atoms with van der Waals surface area (Å²) in [6, 6.07) is 3.37. The molecule has 1 atom stereocenters. The van der Waals surface area contributed by atoms with Crippen LogP contribution in [0, 0.1) is 0 Å². The van der Waals surface area contributed by atoms with Crippen LogP contribution >= 0.6 is 0 Å². The number of hydrogen-bond acceptors (Lipinski definition) is 5. The monoisotopic (exact) mass is 288 g/mol. The summed E-state index contributed by atoms with van der Waals surface area (Å²) in [5, 5.41) is 10.0. The van der Waals surface area contributed by atoms with Crippen LogP contribution in [-0.4, -0.2) is 32.7 Å². The molecule has 7 nitrogen and oxygen atoms in total. The third-order valence-corrected chi connectivity index (χ3v) is 3.10. The molecule has 2 rings (SSSR count). The van der Waals surface area contributed by atoms with E-state index in [1.807, 2.05) is 11.6 Å². The molecular formula is C14H20N6O. The number of aryl methyl sites for hydroxylation is 1. The van der Waals surface area contributed by atoms with Crippen LogP contribution in [0.2, 0.25) is 0 Å². The molecule has 2 aromatic heterocycles. The first-order chi connectivity index (χ1) is 10.2. The molecule has 0 bridgehead atoms. The molecule has 0 aromatic carbocycles. The Hall–Kier alpha value is -2.44.